The molecule has 0 spiro atoms. The van der Waals surface area contributed by atoms with Gasteiger partial charge in [-0.15, -0.1) is 0 Å². The van der Waals surface area contributed by atoms with Crippen molar-refractivity contribution in [1.82, 2.24) is 5.32 Å². The summed E-state index contributed by atoms with van der Waals surface area (Å²) in [4.78, 5) is 11.9. The maximum Gasteiger partial charge on any atom is 0.239 e. The average Bonchev–Trinajstić information content (AvgIpc) is 2.58. The van der Waals surface area contributed by atoms with Gasteiger partial charge < -0.3 is 20.1 Å². The molecule has 0 aliphatic rings. The fraction of sp³-hybridized carbons (Fsp3) is 0.235. The maximum absolute atomic E-state index is 11.9. The van der Waals surface area contributed by atoms with Crippen LogP contribution in [0.3, 0.4) is 0 Å². The summed E-state index contributed by atoms with van der Waals surface area (Å²) in [5, 5.41) is 6.36. The first-order valence-electron chi connectivity index (χ1n) is 7.09. The summed E-state index contributed by atoms with van der Waals surface area (Å²) < 4.78 is 10.2. The van der Waals surface area contributed by atoms with Crippen molar-refractivity contribution in [2.45, 2.75) is 6.54 Å². The molecule has 2 aromatic carbocycles. The number of rotatable bonds is 7. The minimum absolute atomic E-state index is 0.111. The van der Waals surface area contributed by atoms with E-state index in [-0.39, 0.29) is 12.5 Å². The summed E-state index contributed by atoms with van der Waals surface area (Å²) in [5.74, 6) is 1.25. The fourth-order valence-corrected chi connectivity index (χ4v) is 2.26. The molecule has 2 aromatic rings. The van der Waals surface area contributed by atoms with Crippen LogP contribution >= 0.6 is 11.6 Å². The van der Waals surface area contributed by atoms with Crippen molar-refractivity contribution in [3.05, 3.63) is 53.1 Å². The van der Waals surface area contributed by atoms with Gasteiger partial charge >= 0.3 is 0 Å². The van der Waals surface area contributed by atoms with Crippen molar-refractivity contribution in [2.24, 2.45) is 0 Å². The third kappa shape index (κ3) is 5.07. The minimum Gasteiger partial charge on any atom is -0.497 e. The predicted molar refractivity (Wildman–Crippen MR) is 91.3 cm³/mol. The highest BCUT2D eigenvalue weighted by Gasteiger charge is 2.05. The summed E-state index contributed by atoms with van der Waals surface area (Å²) in [7, 11) is 3.17. The molecule has 0 fully saturated rings. The lowest BCUT2D eigenvalue weighted by atomic mass is 10.2. The predicted octanol–water partition coefficient (Wildman–Crippen LogP) is 3.09. The minimum atomic E-state index is -0.111. The first-order chi connectivity index (χ1) is 11.1. The lowest BCUT2D eigenvalue weighted by Gasteiger charge is -2.10. The summed E-state index contributed by atoms with van der Waals surface area (Å²) in [5.41, 5.74) is 1.73. The Morgan fingerprint density at radius 1 is 1.13 bits per heavy atom. The van der Waals surface area contributed by atoms with Gasteiger partial charge in [-0.2, -0.15) is 0 Å². The number of hydrogen-bond donors (Lipinski definition) is 2. The van der Waals surface area contributed by atoms with Gasteiger partial charge in [0.15, 0.2) is 0 Å². The average molecular weight is 335 g/mol. The van der Waals surface area contributed by atoms with Gasteiger partial charge in [0.1, 0.15) is 11.5 Å². The van der Waals surface area contributed by atoms with Gasteiger partial charge in [0.05, 0.1) is 25.8 Å². The second-order valence-electron chi connectivity index (χ2n) is 4.83. The molecule has 0 saturated carbocycles. The van der Waals surface area contributed by atoms with Crippen molar-refractivity contribution in [2.75, 3.05) is 26.1 Å². The number of amides is 1. The molecule has 2 N–H and O–H groups in total. The lowest BCUT2D eigenvalue weighted by molar-refractivity contribution is -0.119. The monoisotopic (exact) mass is 334 g/mol. The summed E-state index contributed by atoms with van der Waals surface area (Å²) in [6.45, 7) is 0.605. The van der Waals surface area contributed by atoms with E-state index in [1.54, 1.807) is 32.4 Å². The maximum atomic E-state index is 11.9. The second kappa shape index (κ2) is 8.29. The third-order valence-corrected chi connectivity index (χ3v) is 3.52. The van der Waals surface area contributed by atoms with Gasteiger partial charge in [-0.3, -0.25) is 4.79 Å². The number of carbonyl (C=O) groups is 1. The van der Waals surface area contributed by atoms with Crippen LogP contribution in [0.25, 0.3) is 0 Å². The zero-order valence-corrected chi connectivity index (χ0v) is 13.8. The number of ether oxygens (including phenoxy) is 2. The van der Waals surface area contributed by atoms with Crippen LogP contribution in [-0.4, -0.2) is 26.7 Å². The lowest BCUT2D eigenvalue weighted by Crippen LogP contribution is -2.29. The molecular formula is C17H19ClN2O3. The zero-order chi connectivity index (χ0) is 16.7. The molecule has 0 unspecified atom stereocenters. The molecule has 2 rings (SSSR count). The first-order valence-corrected chi connectivity index (χ1v) is 7.47. The number of hydrogen-bond acceptors (Lipinski definition) is 4. The van der Waals surface area contributed by atoms with E-state index < -0.39 is 0 Å². The molecule has 122 valence electrons. The second-order valence-corrected chi connectivity index (χ2v) is 5.24. The van der Waals surface area contributed by atoms with Gasteiger partial charge in [-0.05, 0) is 35.9 Å². The van der Waals surface area contributed by atoms with E-state index in [2.05, 4.69) is 10.6 Å². The highest BCUT2D eigenvalue weighted by atomic mass is 35.5. The van der Waals surface area contributed by atoms with Crippen LogP contribution < -0.4 is 20.1 Å². The molecule has 1 amide bonds. The highest BCUT2D eigenvalue weighted by Crippen LogP contribution is 2.26. The van der Waals surface area contributed by atoms with E-state index in [4.69, 9.17) is 21.1 Å². The standard InChI is InChI=1S/C17H19ClN2O3/c1-22-14-5-3-4-12(8-14)10-20-17(21)11-19-13-6-7-16(23-2)15(18)9-13/h3-9,19H,10-11H2,1-2H3,(H,20,21). The van der Waals surface area contributed by atoms with Gasteiger partial charge in [-0.1, -0.05) is 23.7 Å². The van der Waals surface area contributed by atoms with Gasteiger partial charge in [0.2, 0.25) is 5.91 Å². The molecule has 0 heterocycles. The molecule has 6 heteroatoms. The Morgan fingerprint density at radius 2 is 1.96 bits per heavy atom. The van der Waals surface area contributed by atoms with E-state index in [1.165, 1.54) is 0 Å². The Hall–Kier alpha value is -2.40. The summed E-state index contributed by atoms with van der Waals surface area (Å²) in [6.07, 6.45) is 0. The van der Waals surface area contributed by atoms with Crippen LogP contribution in [0.4, 0.5) is 5.69 Å². The Morgan fingerprint density at radius 3 is 2.65 bits per heavy atom. The Kier molecular flexibility index (Phi) is 6.11. The summed E-state index contributed by atoms with van der Waals surface area (Å²) in [6, 6.07) is 12.8. The van der Waals surface area contributed by atoms with Crippen molar-refractivity contribution in [3.8, 4) is 11.5 Å². The molecule has 0 bridgehead atoms. The van der Waals surface area contributed by atoms with Crippen LogP contribution in [0.15, 0.2) is 42.5 Å². The van der Waals surface area contributed by atoms with Gasteiger partial charge in [-0.25, -0.2) is 0 Å². The topological polar surface area (TPSA) is 59.6 Å². The highest BCUT2D eigenvalue weighted by molar-refractivity contribution is 6.32. The largest absolute Gasteiger partial charge is 0.497 e. The Balaban J connectivity index is 1.82. The van der Waals surface area contributed by atoms with Crippen LogP contribution in [-0.2, 0) is 11.3 Å². The van der Waals surface area contributed by atoms with Gasteiger partial charge in [0, 0.05) is 12.2 Å². The van der Waals surface area contributed by atoms with Crippen LogP contribution in [0.2, 0.25) is 5.02 Å². The third-order valence-electron chi connectivity index (χ3n) is 3.23. The molecule has 0 aliphatic carbocycles. The zero-order valence-electron chi connectivity index (χ0n) is 13.1. The molecule has 0 saturated heterocycles. The molecule has 0 radical (unpaired) electrons. The smallest absolute Gasteiger partial charge is 0.239 e. The summed E-state index contributed by atoms with van der Waals surface area (Å²) >= 11 is 6.04. The van der Waals surface area contributed by atoms with E-state index in [0.29, 0.717) is 17.3 Å². The van der Waals surface area contributed by atoms with E-state index in [9.17, 15) is 4.79 Å². The molecule has 23 heavy (non-hydrogen) atoms. The van der Waals surface area contributed by atoms with Crippen LogP contribution in [0.5, 0.6) is 11.5 Å². The number of methoxy groups -OCH3 is 2. The van der Waals surface area contributed by atoms with E-state index in [1.807, 2.05) is 24.3 Å². The Bertz CT molecular complexity index is 677. The number of benzene rings is 2. The van der Waals surface area contributed by atoms with Crippen molar-refractivity contribution in [3.63, 3.8) is 0 Å². The normalized spacial score (nSPS) is 10.0. The number of anilines is 1. The van der Waals surface area contributed by atoms with Crippen molar-refractivity contribution >= 4 is 23.2 Å². The van der Waals surface area contributed by atoms with Gasteiger partial charge in [0.25, 0.3) is 0 Å². The first kappa shape index (κ1) is 17.0. The van der Waals surface area contributed by atoms with Crippen molar-refractivity contribution in [1.29, 1.82) is 0 Å². The van der Waals surface area contributed by atoms with E-state index >= 15 is 0 Å². The number of halogens is 1. The molecule has 0 aliphatic heterocycles. The quantitative estimate of drug-likeness (QED) is 0.817. The van der Waals surface area contributed by atoms with Crippen LogP contribution in [0, 0.1) is 0 Å². The molecule has 0 atom stereocenters. The fourth-order valence-electron chi connectivity index (χ4n) is 2.00. The SMILES string of the molecule is COc1cccc(CNC(=O)CNc2ccc(OC)c(Cl)c2)c1. The molecular weight excluding hydrogens is 316 g/mol. The number of nitrogens with one attached hydrogen (secondary N) is 2. The number of carbonyl (C=O) groups excluding carboxylic acids is 1. The molecule has 5 nitrogen and oxygen atoms in total. The van der Waals surface area contributed by atoms with Crippen molar-refractivity contribution < 1.29 is 14.3 Å². The van der Waals surface area contributed by atoms with E-state index in [0.717, 1.165) is 17.0 Å². The molecule has 0 aromatic heterocycles. The van der Waals surface area contributed by atoms with Crippen LogP contribution in [0.1, 0.15) is 5.56 Å². The Labute approximate surface area is 140 Å².